The summed E-state index contributed by atoms with van der Waals surface area (Å²) in [5.41, 5.74) is 8.80. The lowest BCUT2D eigenvalue weighted by molar-refractivity contribution is 0.465. The Morgan fingerprint density at radius 1 is 1.26 bits per heavy atom. The Bertz CT molecular complexity index is 547. The second kappa shape index (κ2) is 5.38. The van der Waals surface area contributed by atoms with Crippen molar-refractivity contribution < 1.29 is 0 Å². The third-order valence-electron chi connectivity index (χ3n) is 4.34. The van der Waals surface area contributed by atoms with Crippen molar-refractivity contribution in [1.82, 2.24) is 4.57 Å². The third-order valence-corrected chi connectivity index (χ3v) is 4.34. The number of hydrogen-bond acceptors (Lipinski definition) is 1. The highest BCUT2D eigenvalue weighted by molar-refractivity contribution is 5.83. The highest BCUT2D eigenvalue weighted by atomic mass is 15.0. The first-order valence-electron chi connectivity index (χ1n) is 7.56. The van der Waals surface area contributed by atoms with Crippen molar-refractivity contribution in [2.75, 3.05) is 0 Å². The van der Waals surface area contributed by atoms with E-state index in [-0.39, 0.29) is 6.04 Å². The van der Waals surface area contributed by atoms with Crippen LogP contribution in [0.25, 0.3) is 10.9 Å². The molecule has 1 aliphatic rings. The maximum Gasteiger partial charge on any atom is 0.0513 e. The van der Waals surface area contributed by atoms with Crippen molar-refractivity contribution >= 4 is 10.9 Å². The molecule has 1 aromatic heterocycles. The van der Waals surface area contributed by atoms with Gasteiger partial charge in [0.05, 0.1) is 5.52 Å². The molecular weight excluding hydrogens is 232 g/mol. The summed E-state index contributed by atoms with van der Waals surface area (Å²) in [5.74, 6) is 0.874. The Morgan fingerprint density at radius 3 is 2.79 bits per heavy atom. The fraction of sp³-hybridized carbons (Fsp3) is 0.529. The quantitative estimate of drug-likeness (QED) is 0.888. The first-order valence-corrected chi connectivity index (χ1v) is 7.56. The average Bonchev–Trinajstić information content (AvgIpc) is 3.00. The molecule has 19 heavy (non-hydrogen) atoms. The lowest BCUT2D eigenvalue weighted by atomic mass is 10.0. The summed E-state index contributed by atoms with van der Waals surface area (Å²) >= 11 is 0. The summed E-state index contributed by atoms with van der Waals surface area (Å²) in [5, 5.41) is 1.36. The van der Waals surface area contributed by atoms with E-state index in [4.69, 9.17) is 5.73 Å². The van der Waals surface area contributed by atoms with E-state index in [9.17, 15) is 0 Å². The van der Waals surface area contributed by atoms with Crippen LogP contribution in [-0.4, -0.2) is 10.6 Å². The number of nitrogens with two attached hydrogens (primary N) is 1. The predicted octanol–water partition coefficient (Wildman–Crippen LogP) is 3.72. The monoisotopic (exact) mass is 256 g/mol. The smallest absolute Gasteiger partial charge is 0.0513 e. The molecule has 0 amide bonds. The van der Waals surface area contributed by atoms with Crippen LogP contribution in [0, 0.1) is 5.92 Å². The number of benzene rings is 1. The summed E-state index contributed by atoms with van der Waals surface area (Å²) in [7, 11) is 0. The van der Waals surface area contributed by atoms with E-state index in [0.29, 0.717) is 0 Å². The minimum Gasteiger partial charge on any atom is -0.347 e. The molecule has 1 saturated carbocycles. The first kappa shape index (κ1) is 12.7. The molecule has 2 aromatic rings. The zero-order valence-corrected chi connectivity index (χ0v) is 11.8. The van der Waals surface area contributed by atoms with Crippen molar-refractivity contribution in [3.8, 4) is 0 Å². The van der Waals surface area contributed by atoms with Crippen molar-refractivity contribution in [1.29, 1.82) is 0 Å². The maximum atomic E-state index is 5.99. The predicted molar refractivity (Wildman–Crippen MR) is 81.2 cm³/mol. The molecule has 0 aliphatic heterocycles. The van der Waals surface area contributed by atoms with E-state index in [1.165, 1.54) is 48.7 Å². The van der Waals surface area contributed by atoms with E-state index in [1.807, 2.05) is 0 Å². The van der Waals surface area contributed by atoms with Crippen LogP contribution in [0.4, 0.5) is 0 Å². The first-order chi connectivity index (χ1) is 9.24. The summed E-state index contributed by atoms with van der Waals surface area (Å²) in [4.78, 5) is 0. The lowest BCUT2D eigenvalue weighted by Gasteiger charge is -2.15. The molecule has 1 unspecified atom stereocenters. The molecule has 2 nitrogen and oxygen atoms in total. The third kappa shape index (κ3) is 2.69. The molecular formula is C17H24N2. The van der Waals surface area contributed by atoms with Gasteiger partial charge in [-0.3, -0.25) is 0 Å². The van der Waals surface area contributed by atoms with Crippen molar-refractivity contribution in [2.45, 2.75) is 51.6 Å². The number of para-hydroxylation sites is 1. The second-order valence-corrected chi connectivity index (χ2v) is 6.15. The standard InChI is InChI=1S/C17H24N2/c1-13(18)11-16-8-4-7-15-9-10-19(17(15)16)12-14-5-2-3-6-14/h4,7-10,13-14H,2-3,5-6,11-12,18H2,1H3. The van der Waals surface area contributed by atoms with Crippen molar-refractivity contribution in [2.24, 2.45) is 11.7 Å². The zero-order valence-electron chi connectivity index (χ0n) is 11.8. The molecule has 102 valence electrons. The molecule has 0 radical (unpaired) electrons. The Hall–Kier alpha value is -1.28. The number of nitrogens with zero attached hydrogens (tertiary/aromatic N) is 1. The van der Waals surface area contributed by atoms with Gasteiger partial charge in [0, 0.05) is 18.8 Å². The Labute approximate surface area is 115 Å². The summed E-state index contributed by atoms with van der Waals surface area (Å²) < 4.78 is 2.46. The average molecular weight is 256 g/mol. The molecule has 2 heteroatoms. The van der Waals surface area contributed by atoms with Gasteiger partial charge in [-0.15, -0.1) is 0 Å². The fourth-order valence-electron chi connectivity index (χ4n) is 3.48. The van der Waals surface area contributed by atoms with Crippen LogP contribution in [0.2, 0.25) is 0 Å². The molecule has 0 bridgehead atoms. The summed E-state index contributed by atoms with van der Waals surface area (Å²) in [6.07, 6.45) is 8.84. The maximum absolute atomic E-state index is 5.99. The summed E-state index contributed by atoms with van der Waals surface area (Å²) in [6, 6.07) is 9.07. The van der Waals surface area contributed by atoms with Crippen LogP contribution < -0.4 is 5.73 Å². The normalized spacial score (nSPS) is 18.2. The van der Waals surface area contributed by atoms with Gasteiger partial charge in [0.1, 0.15) is 0 Å². The van der Waals surface area contributed by atoms with Crippen LogP contribution in [0.3, 0.4) is 0 Å². The van der Waals surface area contributed by atoms with Gasteiger partial charge in [-0.2, -0.15) is 0 Å². The van der Waals surface area contributed by atoms with E-state index in [0.717, 1.165) is 12.3 Å². The van der Waals surface area contributed by atoms with Crippen LogP contribution in [0.1, 0.15) is 38.2 Å². The largest absolute Gasteiger partial charge is 0.347 e. The van der Waals surface area contributed by atoms with E-state index < -0.39 is 0 Å². The van der Waals surface area contributed by atoms with Gasteiger partial charge in [0.2, 0.25) is 0 Å². The zero-order chi connectivity index (χ0) is 13.2. The van der Waals surface area contributed by atoms with Crippen LogP contribution in [0.15, 0.2) is 30.5 Å². The van der Waals surface area contributed by atoms with Crippen LogP contribution in [0.5, 0.6) is 0 Å². The molecule has 0 spiro atoms. The van der Waals surface area contributed by atoms with Gasteiger partial charge in [0.25, 0.3) is 0 Å². The lowest BCUT2D eigenvalue weighted by Crippen LogP contribution is -2.18. The van der Waals surface area contributed by atoms with Gasteiger partial charge >= 0.3 is 0 Å². The van der Waals surface area contributed by atoms with Crippen LogP contribution in [-0.2, 0) is 13.0 Å². The van der Waals surface area contributed by atoms with Crippen LogP contribution >= 0.6 is 0 Å². The molecule has 1 heterocycles. The Kier molecular flexibility index (Phi) is 3.61. The molecule has 3 rings (SSSR count). The number of rotatable bonds is 4. The Balaban J connectivity index is 1.94. The van der Waals surface area contributed by atoms with Crippen molar-refractivity contribution in [3.63, 3.8) is 0 Å². The van der Waals surface area contributed by atoms with E-state index >= 15 is 0 Å². The van der Waals surface area contributed by atoms with Gasteiger partial charge in [0.15, 0.2) is 0 Å². The topological polar surface area (TPSA) is 30.9 Å². The molecule has 1 aromatic carbocycles. The van der Waals surface area contributed by atoms with E-state index in [1.54, 1.807) is 0 Å². The SMILES string of the molecule is CC(N)Cc1cccc2ccn(CC3CCCC3)c12. The minimum atomic E-state index is 0.223. The molecule has 1 fully saturated rings. The minimum absolute atomic E-state index is 0.223. The number of hydrogen-bond donors (Lipinski definition) is 1. The molecule has 1 atom stereocenters. The highest BCUT2D eigenvalue weighted by Crippen LogP contribution is 2.29. The fourth-order valence-corrected chi connectivity index (χ4v) is 3.48. The number of fused-ring (bicyclic) bond motifs is 1. The second-order valence-electron chi connectivity index (χ2n) is 6.15. The van der Waals surface area contributed by atoms with E-state index in [2.05, 4.69) is 42.0 Å². The number of aromatic nitrogens is 1. The Morgan fingerprint density at radius 2 is 2.05 bits per heavy atom. The van der Waals surface area contributed by atoms with Gasteiger partial charge in [-0.05, 0) is 49.1 Å². The van der Waals surface area contributed by atoms with Gasteiger partial charge in [-0.25, -0.2) is 0 Å². The summed E-state index contributed by atoms with van der Waals surface area (Å²) in [6.45, 7) is 3.27. The van der Waals surface area contributed by atoms with Gasteiger partial charge in [-0.1, -0.05) is 31.0 Å². The molecule has 0 saturated heterocycles. The van der Waals surface area contributed by atoms with Crippen molar-refractivity contribution in [3.05, 3.63) is 36.0 Å². The molecule has 2 N–H and O–H groups in total. The van der Waals surface area contributed by atoms with Gasteiger partial charge < -0.3 is 10.3 Å². The molecule has 1 aliphatic carbocycles. The highest BCUT2D eigenvalue weighted by Gasteiger charge is 2.17.